The first kappa shape index (κ1) is 25.3. The summed E-state index contributed by atoms with van der Waals surface area (Å²) in [6.45, 7) is 5.00. The van der Waals surface area contributed by atoms with Crippen molar-refractivity contribution in [3.8, 4) is 11.5 Å². The third kappa shape index (κ3) is 3.67. The fourth-order valence-electron chi connectivity index (χ4n) is 7.13. The Bertz CT molecular complexity index is 1630. The van der Waals surface area contributed by atoms with Crippen molar-refractivity contribution < 1.29 is 19.1 Å². The second kappa shape index (κ2) is 9.73. The predicted molar refractivity (Wildman–Crippen MR) is 158 cm³/mol. The van der Waals surface area contributed by atoms with E-state index in [-0.39, 0.29) is 17.7 Å². The number of benzene rings is 4. The van der Waals surface area contributed by atoms with Crippen LogP contribution in [-0.2, 0) is 15.0 Å². The molecule has 4 aliphatic rings. The van der Waals surface area contributed by atoms with Gasteiger partial charge < -0.3 is 9.47 Å². The molecule has 1 heterocycles. The normalized spacial score (nSPS) is 23.9. The van der Waals surface area contributed by atoms with Crippen molar-refractivity contribution in [3.63, 3.8) is 0 Å². The largest absolute Gasteiger partial charge is 0.494 e. The van der Waals surface area contributed by atoms with Gasteiger partial charge in [-0.15, -0.1) is 0 Å². The number of nitrogens with zero attached hydrogens (tertiary/aromatic N) is 2. The van der Waals surface area contributed by atoms with Gasteiger partial charge in [-0.25, -0.2) is 4.90 Å². The molecule has 1 aliphatic heterocycles. The van der Waals surface area contributed by atoms with Crippen molar-refractivity contribution in [2.45, 2.75) is 25.2 Å². The van der Waals surface area contributed by atoms with Gasteiger partial charge >= 0.3 is 0 Å². The highest BCUT2D eigenvalue weighted by molar-refractivity contribution is 6.25. The van der Waals surface area contributed by atoms with E-state index < -0.39 is 17.3 Å². The van der Waals surface area contributed by atoms with Gasteiger partial charge in [-0.1, -0.05) is 48.5 Å². The number of rotatable bonds is 7. The van der Waals surface area contributed by atoms with E-state index >= 15 is 0 Å². The Hall–Kier alpha value is -4.71. The van der Waals surface area contributed by atoms with Gasteiger partial charge in [-0.05, 0) is 84.6 Å². The first-order chi connectivity index (χ1) is 20.1. The summed E-state index contributed by atoms with van der Waals surface area (Å²) in [5.41, 5.74) is 4.65. The molecule has 1 saturated heterocycles. The van der Waals surface area contributed by atoms with E-state index in [0.29, 0.717) is 24.7 Å². The first-order valence-corrected chi connectivity index (χ1v) is 14.2. The average molecular weight is 543 g/mol. The molecular formula is C35H30N2O4. The summed E-state index contributed by atoms with van der Waals surface area (Å²) in [7, 11) is 0. The monoisotopic (exact) mass is 542 g/mol. The lowest BCUT2D eigenvalue weighted by atomic mass is 9.47. The van der Waals surface area contributed by atoms with Gasteiger partial charge in [0.05, 0.1) is 41.8 Å². The highest BCUT2D eigenvalue weighted by Gasteiger charge is 2.67. The Kier molecular flexibility index (Phi) is 6.00. The van der Waals surface area contributed by atoms with Crippen LogP contribution in [0.15, 0.2) is 102 Å². The van der Waals surface area contributed by atoms with Crippen LogP contribution in [0, 0.1) is 11.8 Å². The highest BCUT2D eigenvalue weighted by Crippen LogP contribution is 2.63. The second-order valence-electron chi connectivity index (χ2n) is 10.6. The van der Waals surface area contributed by atoms with Crippen LogP contribution in [0.5, 0.6) is 11.5 Å². The summed E-state index contributed by atoms with van der Waals surface area (Å²) in [6.07, 6.45) is 1.92. The average Bonchev–Trinajstić information content (AvgIpc) is 3.28. The summed E-state index contributed by atoms with van der Waals surface area (Å²) < 4.78 is 11.2. The van der Waals surface area contributed by atoms with Gasteiger partial charge in [-0.3, -0.25) is 14.6 Å². The second-order valence-corrected chi connectivity index (χ2v) is 10.6. The number of anilines is 1. The van der Waals surface area contributed by atoms with Crippen LogP contribution in [0.2, 0.25) is 0 Å². The van der Waals surface area contributed by atoms with Crippen LogP contribution in [0.4, 0.5) is 11.4 Å². The lowest BCUT2D eigenvalue weighted by Gasteiger charge is -2.52. The first-order valence-electron chi connectivity index (χ1n) is 14.2. The Morgan fingerprint density at radius 2 is 1.27 bits per heavy atom. The topological polar surface area (TPSA) is 68.2 Å². The van der Waals surface area contributed by atoms with Crippen molar-refractivity contribution >= 4 is 29.4 Å². The standard InChI is InChI=1S/C35H30N2O4/c1-3-40-24-17-13-22(14-18-24)36-21-35-28-11-7-5-9-26(28)30(27-10-6-8-12-29(27)35)31-32(35)34(39)37(33(31)38)23-15-19-25(20-16-23)41-4-2/h5-21,30-32H,3-4H2,1-2H3. The molecular weight excluding hydrogens is 512 g/mol. The van der Waals surface area contributed by atoms with Gasteiger partial charge in [0.25, 0.3) is 0 Å². The highest BCUT2D eigenvalue weighted by atomic mass is 16.5. The lowest BCUT2D eigenvalue weighted by Crippen LogP contribution is -2.54. The number of amides is 2. The van der Waals surface area contributed by atoms with Crippen LogP contribution >= 0.6 is 0 Å². The molecule has 2 unspecified atom stereocenters. The third-order valence-electron chi connectivity index (χ3n) is 8.65. The van der Waals surface area contributed by atoms with E-state index in [2.05, 4.69) is 24.3 Å². The number of hydrogen-bond acceptors (Lipinski definition) is 5. The molecule has 0 aromatic heterocycles. The number of hydrogen-bond donors (Lipinski definition) is 0. The van der Waals surface area contributed by atoms with E-state index in [1.165, 1.54) is 4.90 Å². The maximum Gasteiger partial charge on any atom is 0.239 e. The quantitative estimate of drug-likeness (QED) is 0.199. The van der Waals surface area contributed by atoms with Crippen LogP contribution in [-0.4, -0.2) is 31.2 Å². The Morgan fingerprint density at radius 3 is 1.83 bits per heavy atom. The molecule has 1 fully saturated rings. The van der Waals surface area contributed by atoms with Crippen LogP contribution in [0.25, 0.3) is 0 Å². The molecule has 3 aliphatic carbocycles. The summed E-state index contributed by atoms with van der Waals surface area (Å²) in [5, 5.41) is 0. The molecule has 4 aromatic carbocycles. The zero-order chi connectivity index (χ0) is 28.1. The lowest BCUT2D eigenvalue weighted by molar-refractivity contribution is -0.122. The van der Waals surface area contributed by atoms with E-state index in [0.717, 1.165) is 33.7 Å². The molecule has 8 rings (SSSR count). The molecule has 0 N–H and O–H groups in total. The van der Waals surface area contributed by atoms with Crippen LogP contribution in [0.3, 0.4) is 0 Å². The summed E-state index contributed by atoms with van der Waals surface area (Å²) in [6, 6.07) is 31.3. The Morgan fingerprint density at radius 1 is 0.732 bits per heavy atom. The zero-order valence-electron chi connectivity index (χ0n) is 23.0. The van der Waals surface area contributed by atoms with E-state index in [9.17, 15) is 9.59 Å². The number of carbonyl (C=O) groups excluding carboxylic acids is 2. The molecule has 4 aromatic rings. The molecule has 6 heteroatoms. The van der Waals surface area contributed by atoms with Crippen molar-refractivity contribution in [3.05, 3.63) is 119 Å². The molecule has 6 nitrogen and oxygen atoms in total. The minimum absolute atomic E-state index is 0.169. The number of aliphatic imine (C=N–C) groups is 1. The summed E-state index contributed by atoms with van der Waals surface area (Å²) in [4.78, 5) is 35.2. The van der Waals surface area contributed by atoms with E-state index in [4.69, 9.17) is 14.5 Å². The van der Waals surface area contributed by atoms with Gasteiger partial charge in [0.1, 0.15) is 11.5 Å². The molecule has 2 amide bonds. The van der Waals surface area contributed by atoms with Crippen LogP contribution < -0.4 is 14.4 Å². The molecule has 204 valence electrons. The fourth-order valence-corrected chi connectivity index (χ4v) is 7.13. The van der Waals surface area contributed by atoms with Gasteiger partial charge in [0.2, 0.25) is 11.8 Å². The molecule has 0 saturated carbocycles. The smallest absolute Gasteiger partial charge is 0.239 e. The molecule has 2 bridgehead atoms. The van der Waals surface area contributed by atoms with Crippen molar-refractivity contribution in [1.29, 1.82) is 0 Å². The minimum atomic E-state index is -0.905. The van der Waals surface area contributed by atoms with Crippen molar-refractivity contribution in [1.82, 2.24) is 0 Å². The number of ether oxygens (including phenoxy) is 2. The Labute approximate surface area is 239 Å². The molecule has 0 radical (unpaired) electrons. The number of carbonyl (C=O) groups is 2. The maximum atomic E-state index is 14.5. The van der Waals surface area contributed by atoms with Gasteiger partial charge in [0, 0.05) is 12.1 Å². The summed E-state index contributed by atoms with van der Waals surface area (Å²) in [5.74, 6) is -0.258. The molecule has 41 heavy (non-hydrogen) atoms. The SMILES string of the molecule is CCOc1ccc(N=CC23c4ccccc4C(c4ccccc42)C2C(=O)N(c4ccc(OCC)cc4)C(=O)C23)cc1. The van der Waals surface area contributed by atoms with Gasteiger partial charge in [0.15, 0.2) is 0 Å². The minimum Gasteiger partial charge on any atom is -0.494 e. The predicted octanol–water partition coefficient (Wildman–Crippen LogP) is 6.44. The Balaban J connectivity index is 1.41. The molecule has 0 spiro atoms. The van der Waals surface area contributed by atoms with E-state index in [1.807, 2.05) is 80.7 Å². The van der Waals surface area contributed by atoms with Crippen molar-refractivity contribution in [2.75, 3.05) is 18.1 Å². The molecule has 2 atom stereocenters. The van der Waals surface area contributed by atoms with Crippen molar-refractivity contribution in [2.24, 2.45) is 16.8 Å². The zero-order valence-corrected chi connectivity index (χ0v) is 23.0. The fraction of sp³-hybridized carbons (Fsp3) is 0.229. The summed E-state index contributed by atoms with van der Waals surface area (Å²) >= 11 is 0. The van der Waals surface area contributed by atoms with Gasteiger partial charge in [-0.2, -0.15) is 0 Å². The third-order valence-corrected chi connectivity index (χ3v) is 8.65. The van der Waals surface area contributed by atoms with Crippen LogP contribution in [0.1, 0.15) is 42.0 Å². The number of imide groups is 1. The maximum absolute atomic E-state index is 14.5. The van der Waals surface area contributed by atoms with E-state index in [1.54, 1.807) is 12.1 Å².